The SMILES string of the molecule is C[CH2][Ti](=[SiH2])([CH2]C)([CH]1C=Cc2ccccc21)[CH]1C=Cc2ccccc21.Cl.Cl. The first-order chi connectivity index (χ1) is 11.6. The number of allylic oxidation sites excluding steroid dienone is 2. The van der Waals surface area contributed by atoms with Gasteiger partial charge in [0.2, 0.25) is 0 Å². The van der Waals surface area contributed by atoms with Crippen LogP contribution in [0.1, 0.15) is 44.5 Å². The molecule has 2 aromatic rings. The topological polar surface area (TPSA) is 0 Å². The number of benzene rings is 2. The maximum Gasteiger partial charge on any atom is -0.147 e. The Bertz CT molecular complexity index is 854. The molecule has 2 atom stereocenters. The summed E-state index contributed by atoms with van der Waals surface area (Å²) >= 11 is -2.88. The second-order valence-electron chi connectivity index (χ2n) is 7.78. The average molecular weight is 439 g/mol. The first kappa shape index (κ1) is 21.7. The number of hydrogen-bond acceptors (Lipinski definition) is 0. The Balaban J connectivity index is 0.00000121. The zero-order valence-corrected chi connectivity index (χ0v) is 20.1. The van der Waals surface area contributed by atoms with Crippen molar-refractivity contribution in [3.8, 4) is 0 Å². The third kappa shape index (κ3) is 2.93. The molecule has 4 rings (SSSR count). The Morgan fingerprint density at radius 1 is 0.731 bits per heavy atom. The van der Waals surface area contributed by atoms with E-state index in [1.807, 2.05) is 0 Å². The van der Waals surface area contributed by atoms with E-state index in [9.17, 15) is 0 Å². The minimum Gasteiger partial charge on any atom is -0.147 e. The van der Waals surface area contributed by atoms with Crippen molar-refractivity contribution in [1.29, 1.82) is 0 Å². The van der Waals surface area contributed by atoms with Crippen LogP contribution in [-0.4, -0.2) is 7.63 Å². The van der Waals surface area contributed by atoms with E-state index in [4.69, 9.17) is 0 Å². The van der Waals surface area contributed by atoms with E-state index in [0.29, 0.717) is 8.45 Å². The van der Waals surface area contributed by atoms with Gasteiger partial charge in [0.1, 0.15) is 0 Å². The fourth-order valence-corrected chi connectivity index (χ4v) is 17.6. The van der Waals surface area contributed by atoms with Gasteiger partial charge in [-0.05, 0) is 0 Å². The Kier molecular flexibility index (Phi) is 6.53. The summed E-state index contributed by atoms with van der Waals surface area (Å²) in [6, 6.07) is 18.1. The van der Waals surface area contributed by atoms with Crippen LogP contribution in [0.25, 0.3) is 12.2 Å². The molecule has 0 fully saturated rings. The van der Waals surface area contributed by atoms with E-state index in [2.05, 4.69) is 94.3 Å². The normalized spacial score (nSPS) is 20.1. The van der Waals surface area contributed by atoms with Gasteiger partial charge in [-0.15, -0.1) is 24.8 Å². The summed E-state index contributed by atoms with van der Waals surface area (Å²) in [5.74, 6) is 0. The quantitative estimate of drug-likeness (QED) is 0.479. The summed E-state index contributed by atoms with van der Waals surface area (Å²) < 4.78 is 4.04. The second kappa shape index (κ2) is 7.81. The van der Waals surface area contributed by atoms with Gasteiger partial charge in [-0.1, -0.05) is 0 Å². The van der Waals surface area contributed by atoms with Crippen LogP contribution >= 0.6 is 24.8 Å². The fourth-order valence-electron chi connectivity index (χ4n) is 5.18. The molecule has 0 aliphatic heterocycles. The van der Waals surface area contributed by atoms with Crippen LogP contribution in [0.15, 0.2) is 60.7 Å². The van der Waals surface area contributed by atoms with E-state index in [1.165, 1.54) is 20.6 Å². The molecule has 2 aliphatic rings. The third-order valence-electron chi connectivity index (χ3n) is 7.09. The predicted octanol–water partition coefficient (Wildman–Crippen LogP) is 6.48. The van der Waals surface area contributed by atoms with Crippen molar-refractivity contribution < 1.29 is 14.0 Å². The minimum absolute atomic E-state index is 0. The van der Waals surface area contributed by atoms with Crippen LogP contribution in [0.4, 0.5) is 0 Å². The number of rotatable bonds is 4. The van der Waals surface area contributed by atoms with Gasteiger partial charge in [0.05, 0.1) is 0 Å². The number of hydrogen-bond donors (Lipinski definition) is 0. The molecular formula is C22H28Cl2SiTi. The smallest absolute Gasteiger partial charge is 0.147 e. The molecular weight excluding hydrogens is 411 g/mol. The zero-order chi connectivity index (χ0) is 16.8. The summed E-state index contributed by atoms with van der Waals surface area (Å²) in [7, 11) is 2.45. The predicted molar refractivity (Wildman–Crippen MR) is 120 cm³/mol. The van der Waals surface area contributed by atoms with Gasteiger partial charge in [-0.3, -0.25) is 0 Å². The average Bonchev–Trinajstić information content (AvgIpc) is 3.26. The molecule has 0 bridgehead atoms. The molecule has 0 amide bonds. The van der Waals surface area contributed by atoms with Crippen molar-refractivity contribution in [3.05, 3.63) is 82.9 Å². The summed E-state index contributed by atoms with van der Waals surface area (Å²) in [6.07, 6.45) is 9.87. The van der Waals surface area contributed by atoms with Crippen LogP contribution < -0.4 is 0 Å². The molecule has 0 N–H and O–H groups in total. The molecule has 2 aliphatic carbocycles. The molecule has 26 heavy (non-hydrogen) atoms. The Labute approximate surface area is 172 Å². The third-order valence-corrected chi connectivity index (χ3v) is 27.3. The second-order valence-corrected chi connectivity index (χ2v) is 26.1. The van der Waals surface area contributed by atoms with E-state index < -0.39 is 14.0 Å². The van der Waals surface area contributed by atoms with Crippen molar-refractivity contribution >= 4 is 44.6 Å². The van der Waals surface area contributed by atoms with Crippen molar-refractivity contribution in [3.63, 3.8) is 0 Å². The molecule has 4 heteroatoms. The fraction of sp³-hybridized carbons (Fsp3) is 0.273. The summed E-state index contributed by atoms with van der Waals surface area (Å²) in [5.41, 5.74) is 6.07. The van der Waals surface area contributed by atoms with Crippen LogP contribution in [0, 0.1) is 0 Å². The van der Waals surface area contributed by atoms with Gasteiger partial charge in [-0.2, -0.15) is 0 Å². The van der Waals surface area contributed by atoms with E-state index in [1.54, 1.807) is 11.1 Å². The Hall–Kier alpha value is -0.569. The monoisotopic (exact) mass is 438 g/mol. The van der Waals surface area contributed by atoms with Gasteiger partial charge in [0, 0.05) is 0 Å². The van der Waals surface area contributed by atoms with E-state index in [-0.39, 0.29) is 24.8 Å². The van der Waals surface area contributed by atoms with Crippen LogP contribution in [0.5, 0.6) is 0 Å². The van der Waals surface area contributed by atoms with Crippen LogP contribution in [0.3, 0.4) is 0 Å². The van der Waals surface area contributed by atoms with Crippen molar-refractivity contribution in [2.45, 2.75) is 31.7 Å². The van der Waals surface area contributed by atoms with Crippen molar-refractivity contribution in [2.75, 3.05) is 0 Å². The van der Waals surface area contributed by atoms with Crippen LogP contribution in [-0.2, 0) is 14.0 Å². The molecule has 0 saturated heterocycles. The Morgan fingerprint density at radius 3 is 1.50 bits per heavy atom. The van der Waals surface area contributed by atoms with E-state index >= 15 is 0 Å². The first-order valence-electron chi connectivity index (χ1n) is 9.19. The van der Waals surface area contributed by atoms with Gasteiger partial charge in [0.15, 0.2) is 0 Å². The van der Waals surface area contributed by atoms with Gasteiger partial charge in [-0.25, -0.2) is 0 Å². The maximum absolute atomic E-state index is 2.88. The zero-order valence-electron chi connectivity index (χ0n) is 15.5. The molecule has 0 spiro atoms. The van der Waals surface area contributed by atoms with E-state index in [0.717, 1.165) is 0 Å². The molecule has 0 aromatic heterocycles. The van der Waals surface area contributed by atoms with Crippen molar-refractivity contribution in [2.24, 2.45) is 0 Å². The molecule has 0 radical (unpaired) electrons. The standard InChI is InChI=1S/2C9H7.2C2H5.2ClH.H2Si.Ti/c2*1-2-5-9-7-3-6-8(9)4-1;2*1-2;;;;/h2*1-7H;2*1H2,2H3;2*1H;1H2;. The molecule has 2 aromatic carbocycles. The molecule has 2 unspecified atom stereocenters. The summed E-state index contributed by atoms with van der Waals surface area (Å²) in [5, 5.41) is 0. The largest absolute Gasteiger partial charge is 0.147 e. The maximum atomic E-state index is 2.55. The van der Waals surface area contributed by atoms with Gasteiger partial charge < -0.3 is 0 Å². The number of halogens is 2. The van der Waals surface area contributed by atoms with Gasteiger partial charge >= 0.3 is 149 Å². The van der Waals surface area contributed by atoms with Crippen molar-refractivity contribution in [1.82, 2.24) is 0 Å². The summed E-state index contributed by atoms with van der Waals surface area (Å²) in [4.78, 5) is 0. The van der Waals surface area contributed by atoms with Gasteiger partial charge in [0.25, 0.3) is 0 Å². The molecule has 0 nitrogen and oxygen atoms in total. The summed E-state index contributed by atoms with van der Waals surface area (Å²) in [6.45, 7) is 4.94. The van der Waals surface area contributed by atoms with Crippen LogP contribution in [0.2, 0.25) is 9.45 Å². The first-order valence-corrected chi connectivity index (χ1v) is 17.2. The molecule has 138 valence electrons. The number of fused-ring (bicyclic) bond motifs is 2. The molecule has 0 saturated carbocycles. The molecule has 0 heterocycles. The minimum atomic E-state index is -2.88. The Morgan fingerprint density at radius 2 is 1.12 bits per heavy atom.